The number of hydrogen-bond donors (Lipinski definition) is 2. The van der Waals surface area contributed by atoms with E-state index >= 15 is 0 Å². The van der Waals surface area contributed by atoms with Gasteiger partial charge in [-0.05, 0) is 55.6 Å². The quantitative estimate of drug-likeness (QED) is 0.840. The highest BCUT2D eigenvalue weighted by Crippen LogP contribution is 2.33. The van der Waals surface area contributed by atoms with Crippen LogP contribution in [0.5, 0.6) is 0 Å². The van der Waals surface area contributed by atoms with Gasteiger partial charge in [0.05, 0.1) is 5.03 Å². The van der Waals surface area contributed by atoms with E-state index < -0.39 is 0 Å². The van der Waals surface area contributed by atoms with Crippen molar-refractivity contribution in [1.29, 1.82) is 0 Å². The van der Waals surface area contributed by atoms with Crippen LogP contribution in [0.1, 0.15) is 36.8 Å². The number of thioether (sulfide) groups is 1. The number of aromatic nitrogens is 1. The van der Waals surface area contributed by atoms with Gasteiger partial charge in [0.15, 0.2) is 0 Å². The summed E-state index contributed by atoms with van der Waals surface area (Å²) in [4.78, 5) is 14.9. The zero-order valence-electron chi connectivity index (χ0n) is 11.7. The lowest BCUT2D eigenvalue weighted by Crippen LogP contribution is -2.21. The molecule has 3 N–H and O–H groups in total. The molecule has 0 spiro atoms. The van der Waals surface area contributed by atoms with Gasteiger partial charge in [-0.3, -0.25) is 4.79 Å². The molecule has 1 aromatic heterocycles. The molecule has 1 aliphatic carbocycles. The molecule has 3 rings (SSSR count). The first-order valence-electron chi connectivity index (χ1n) is 7.49. The standard InChI is InChI=1S/C15H22N2O2S/c16-13-11-3-1-2-4-12(11)15(17-14(13)18)20-9-10-5-7-19-8-6-10/h10H,1-9,16H2,(H,17,18). The number of nitrogen functional groups attached to an aromatic ring is 1. The highest BCUT2D eigenvalue weighted by Gasteiger charge is 2.20. The summed E-state index contributed by atoms with van der Waals surface area (Å²) < 4.78 is 5.39. The third kappa shape index (κ3) is 2.88. The summed E-state index contributed by atoms with van der Waals surface area (Å²) in [6, 6.07) is 0. The minimum atomic E-state index is -0.111. The smallest absolute Gasteiger partial charge is 0.272 e. The molecule has 0 atom stereocenters. The highest BCUT2D eigenvalue weighted by molar-refractivity contribution is 7.99. The Kier molecular flexibility index (Phi) is 4.36. The predicted molar refractivity (Wildman–Crippen MR) is 82.4 cm³/mol. The fourth-order valence-corrected chi connectivity index (χ4v) is 4.37. The lowest BCUT2D eigenvalue weighted by Gasteiger charge is -2.23. The number of ether oxygens (including phenoxy) is 1. The van der Waals surface area contributed by atoms with Crippen LogP contribution >= 0.6 is 11.8 Å². The van der Waals surface area contributed by atoms with Crippen molar-refractivity contribution in [3.05, 3.63) is 21.5 Å². The van der Waals surface area contributed by atoms with Crippen LogP contribution in [0.3, 0.4) is 0 Å². The zero-order valence-corrected chi connectivity index (χ0v) is 12.6. The Bertz CT molecular complexity index is 535. The largest absolute Gasteiger partial charge is 0.394 e. The van der Waals surface area contributed by atoms with E-state index in [0.29, 0.717) is 11.6 Å². The SMILES string of the molecule is Nc1c2c(c(SCC3CCOCC3)[nH]c1=O)CCCC2. The van der Waals surface area contributed by atoms with Crippen molar-refractivity contribution in [3.63, 3.8) is 0 Å². The first-order valence-corrected chi connectivity index (χ1v) is 8.48. The summed E-state index contributed by atoms with van der Waals surface area (Å²) >= 11 is 1.80. The van der Waals surface area contributed by atoms with Crippen molar-refractivity contribution in [2.75, 3.05) is 24.7 Å². The lowest BCUT2D eigenvalue weighted by molar-refractivity contribution is 0.0728. The molecular weight excluding hydrogens is 272 g/mol. The van der Waals surface area contributed by atoms with E-state index in [0.717, 1.165) is 61.7 Å². The van der Waals surface area contributed by atoms with Crippen molar-refractivity contribution in [3.8, 4) is 0 Å². The maximum Gasteiger partial charge on any atom is 0.272 e. The van der Waals surface area contributed by atoms with Crippen molar-refractivity contribution in [2.24, 2.45) is 5.92 Å². The van der Waals surface area contributed by atoms with Gasteiger partial charge in [-0.2, -0.15) is 0 Å². The van der Waals surface area contributed by atoms with Crippen molar-refractivity contribution >= 4 is 17.4 Å². The lowest BCUT2D eigenvalue weighted by atomic mass is 9.92. The molecule has 0 radical (unpaired) electrons. The highest BCUT2D eigenvalue weighted by atomic mass is 32.2. The number of rotatable bonds is 3. The summed E-state index contributed by atoms with van der Waals surface area (Å²) in [6.07, 6.45) is 6.61. The first-order chi connectivity index (χ1) is 9.75. The molecule has 20 heavy (non-hydrogen) atoms. The van der Waals surface area contributed by atoms with Crippen molar-refractivity contribution in [2.45, 2.75) is 43.6 Å². The Hall–Kier alpha value is -0.940. The number of aromatic amines is 1. The summed E-state index contributed by atoms with van der Waals surface area (Å²) in [5.74, 6) is 1.77. The number of anilines is 1. The third-order valence-corrected chi connectivity index (χ3v) is 5.62. The van der Waals surface area contributed by atoms with Crippen LogP contribution in [0.4, 0.5) is 5.69 Å². The van der Waals surface area contributed by atoms with E-state index in [1.807, 2.05) is 0 Å². The molecule has 2 heterocycles. The average Bonchev–Trinajstić information content (AvgIpc) is 2.50. The number of H-pyrrole nitrogens is 1. The normalized spacial score (nSPS) is 19.8. The Labute approximate surface area is 123 Å². The maximum absolute atomic E-state index is 11.9. The van der Waals surface area contributed by atoms with E-state index in [2.05, 4.69) is 4.98 Å². The molecule has 1 fully saturated rings. The van der Waals surface area contributed by atoms with Gasteiger partial charge in [0, 0.05) is 19.0 Å². The molecule has 0 aromatic carbocycles. The summed E-state index contributed by atoms with van der Waals surface area (Å²) in [5.41, 5.74) is 8.67. The molecular formula is C15H22N2O2S. The van der Waals surface area contributed by atoms with Gasteiger partial charge in [-0.1, -0.05) is 0 Å². The fourth-order valence-electron chi connectivity index (χ4n) is 3.07. The Balaban J connectivity index is 1.78. The molecule has 110 valence electrons. The molecule has 1 aliphatic heterocycles. The fraction of sp³-hybridized carbons (Fsp3) is 0.667. The minimum Gasteiger partial charge on any atom is -0.394 e. The number of fused-ring (bicyclic) bond motifs is 1. The van der Waals surface area contributed by atoms with Crippen molar-refractivity contribution < 1.29 is 4.74 Å². The third-order valence-electron chi connectivity index (χ3n) is 4.34. The maximum atomic E-state index is 11.9. The van der Waals surface area contributed by atoms with E-state index in [1.54, 1.807) is 11.8 Å². The molecule has 4 nitrogen and oxygen atoms in total. The van der Waals surface area contributed by atoms with Crippen LogP contribution in [-0.4, -0.2) is 24.0 Å². The van der Waals surface area contributed by atoms with E-state index in [9.17, 15) is 4.79 Å². The second-order valence-electron chi connectivity index (χ2n) is 5.73. The molecule has 5 heteroatoms. The topological polar surface area (TPSA) is 68.1 Å². The van der Waals surface area contributed by atoms with Gasteiger partial charge < -0.3 is 15.5 Å². The second kappa shape index (κ2) is 6.22. The van der Waals surface area contributed by atoms with E-state index in [1.165, 1.54) is 12.0 Å². The Morgan fingerprint density at radius 2 is 1.90 bits per heavy atom. The Morgan fingerprint density at radius 3 is 2.65 bits per heavy atom. The Morgan fingerprint density at radius 1 is 1.20 bits per heavy atom. The van der Waals surface area contributed by atoms with Crippen LogP contribution in [0.2, 0.25) is 0 Å². The molecule has 0 bridgehead atoms. The number of hydrogen-bond acceptors (Lipinski definition) is 4. The molecule has 0 unspecified atom stereocenters. The molecule has 1 aromatic rings. The zero-order chi connectivity index (χ0) is 13.9. The molecule has 0 amide bonds. The van der Waals surface area contributed by atoms with Gasteiger partial charge in [0.1, 0.15) is 5.69 Å². The number of nitrogens with two attached hydrogens (primary N) is 1. The van der Waals surface area contributed by atoms with Crippen LogP contribution in [0, 0.1) is 5.92 Å². The molecule has 2 aliphatic rings. The van der Waals surface area contributed by atoms with Crippen LogP contribution in [0.15, 0.2) is 9.82 Å². The van der Waals surface area contributed by atoms with Gasteiger partial charge in [-0.15, -0.1) is 11.8 Å². The van der Waals surface area contributed by atoms with Crippen LogP contribution in [0.25, 0.3) is 0 Å². The summed E-state index contributed by atoms with van der Waals surface area (Å²) in [6.45, 7) is 1.75. The predicted octanol–water partition coefficient (Wildman–Crippen LogP) is 2.35. The minimum absolute atomic E-state index is 0.111. The van der Waals surface area contributed by atoms with Gasteiger partial charge in [0.25, 0.3) is 5.56 Å². The van der Waals surface area contributed by atoms with E-state index in [-0.39, 0.29) is 5.56 Å². The van der Waals surface area contributed by atoms with Gasteiger partial charge in [-0.25, -0.2) is 0 Å². The average molecular weight is 294 g/mol. The van der Waals surface area contributed by atoms with E-state index in [4.69, 9.17) is 10.5 Å². The number of pyridine rings is 1. The van der Waals surface area contributed by atoms with Crippen LogP contribution in [-0.2, 0) is 17.6 Å². The second-order valence-corrected chi connectivity index (χ2v) is 6.76. The van der Waals surface area contributed by atoms with Crippen LogP contribution < -0.4 is 11.3 Å². The first kappa shape index (κ1) is 14.0. The summed E-state index contributed by atoms with van der Waals surface area (Å²) in [5, 5.41) is 1.06. The molecule has 0 saturated carbocycles. The monoisotopic (exact) mass is 294 g/mol. The molecule has 1 saturated heterocycles. The number of nitrogens with one attached hydrogen (secondary N) is 1. The summed E-state index contributed by atoms with van der Waals surface area (Å²) in [7, 11) is 0. The van der Waals surface area contributed by atoms with Crippen molar-refractivity contribution in [1.82, 2.24) is 4.98 Å². The van der Waals surface area contributed by atoms with Gasteiger partial charge >= 0.3 is 0 Å². The van der Waals surface area contributed by atoms with Gasteiger partial charge in [0.2, 0.25) is 0 Å².